The van der Waals surface area contributed by atoms with Crippen LogP contribution in [0.25, 0.3) is 0 Å². The normalized spacial score (nSPS) is 17.8. The molecule has 0 aromatic heterocycles. The molecule has 1 aliphatic rings. The van der Waals surface area contributed by atoms with Crippen LogP contribution in [0.15, 0.2) is 0 Å². The topological polar surface area (TPSA) is 49.8 Å². The SMILES string of the molecule is CSCCC(=O)N1CCC(OCCO)CC1. The molecular formula is C11H21NO3S. The lowest BCUT2D eigenvalue weighted by molar-refractivity contribution is -0.133. The number of aliphatic hydroxyl groups is 1. The van der Waals surface area contributed by atoms with E-state index in [1.165, 1.54) is 0 Å². The Balaban J connectivity index is 2.18. The van der Waals surface area contributed by atoms with Gasteiger partial charge in [0.25, 0.3) is 0 Å². The molecule has 0 saturated carbocycles. The van der Waals surface area contributed by atoms with Gasteiger partial charge < -0.3 is 14.7 Å². The Labute approximate surface area is 101 Å². The molecule has 1 N–H and O–H groups in total. The molecule has 0 radical (unpaired) electrons. The van der Waals surface area contributed by atoms with Gasteiger partial charge in [0.05, 0.1) is 19.3 Å². The third-order valence-corrected chi connectivity index (χ3v) is 3.37. The minimum absolute atomic E-state index is 0.0763. The summed E-state index contributed by atoms with van der Waals surface area (Å²) in [5.41, 5.74) is 0. The van der Waals surface area contributed by atoms with Crippen LogP contribution < -0.4 is 0 Å². The van der Waals surface area contributed by atoms with Crippen LogP contribution in [0.1, 0.15) is 19.3 Å². The van der Waals surface area contributed by atoms with Crippen molar-refractivity contribution in [3.05, 3.63) is 0 Å². The van der Waals surface area contributed by atoms with Crippen molar-refractivity contribution in [1.29, 1.82) is 0 Å². The Morgan fingerprint density at radius 2 is 2.19 bits per heavy atom. The zero-order chi connectivity index (χ0) is 11.8. The number of thioether (sulfide) groups is 1. The summed E-state index contributed by atoms with van der Waals surface area (Å²) in [6.07, 6.45) is 4.67. The van der Waals surface area contributed by atoms with Crippen LogP contribution in [0.4, 0.5) is 0 Å². The van der Waals surface area contributed by atoms with Crippen molar-refractivity contribution in [3.8, 4) is 0 Å². The van der Waals surface area contributed by atoms with E-state index in [1.54, 1.807) is 11.8 Å². The summed E-state index contributed by atoms with van der Waals surface area (Å²) in [6, 6.07) is 0. The predicted octanol–water partition coefficient (Wildman–Crippen LogP) is 0.739. The van der Waals surface area contributed by atoms with E-state index in [2.05, 4.69) is 0 Å². The maximum Gasteiger partial charge on any atom is 0.223 e. The number of likely N-dealkylation sites (tertiary alicyclic amines) is 1. The van der Waals surface area contributed by atoms with Crippen LogP contribution >= 0.6 is 11.8 Å². The molecule has 1 heterocycles. The molecule has 16 heavy (non-hydrogen) atoms. The first-order chi connectivity index (χ1) is 7.77. The molecule has 1 saturated heterocycles. The molecule has 1 aliphatic heterocycles. The molecule has 5 heteroatoms. The Kier molecular flexibility index (Phi) is 6.84. The van der Waals surface area contributed by atoms with Crippen LogP contribution in [0, 0.1) is 0 Å². The smallest absolute Gasteiger partial charge is 0.223 e. The Morgan fingerprint density at radius 3 is 2.75 bits per heavy atom. The molecule has 1 rings (SSSR count). The van der Waals surface area contributed by atoms with Gasteiger partial charge in [-0.3, -0.25) is 4.79 Å². The van der Waals surface area contributed by atoms with Crippen LogP contribution in [0.3, 0.4) is 0 Å². The molecule has 0 aliphatic carbocycles. The van der Waals surface area contributed by atoms with E-state index >= 15 is 0 Å². The number of aliphatic hydroxyl groups excluding tert-OH is 1. The van der Waals surface area contributed by atoms with Gasteiger partial charge in [-0.25, -0.2) is 0 Å². The predicted molar refractivity (Wildman–Crippen MR) is 65.6 cm³/mol. The average Bonchev–Trinajstić information content (AvgIpc) is 2.34. The van der Waals surface area contributed by atoms with Gasteiger partial charge in [0, 0.05) is 25.3 Å². The van der Waals surface area contributed by atoms with Gasteiger partial charge in [-0.15, -0.1) is 0 Å². The molecular weight excluding hydrogens is 226 g/mol. The number of hydrogen-bond donors (Lipinski definition) is 1. The maximum atomic E-state index is 11.7. The number of amides is 1. The molecule has 94 valence electrons. The summed E-state index contributed by atoms with van der Waals surface area (Å²) in [5.74, 6) is 1.16. The van der Waals surface area contributed by atoms with Crippen molar-refractivity contribution < 1.29 is 14.6 Å². The number of hydrogen-bond acceptors (Lipinski definition) is 4. The molecule has 0 atom stereocenters. The summed E-state index contributed by atoms with van der Waals surface area (Å²) in [4.78, 5) is 13.6. The van der Waals surface area contributed by atoms with E-state index in [-0.39, 0.29) is 18.6 Å². The number of carbonyl (C=O) groups excluding carboxylic acids is 1. The highest BCUT2D eigenvalue weighted by Gasteiger charge is 2.22. The highest BCUT2D eigenvalue weighted by Crippen LogP contribution is 2.14. The summed E-state index contributed by atoms with van der Waals surface area (Å²) in [6.45, 7) is 2.07. The van der Waals surface area contributed by atoms with Crippen LogP contribution in [0.2, 0.25) is 0 Å². The molecule has 0 spiro atoms. The fourth-order valence-corrected chi connectivity index (χ4v) is 2.22. The summed E-state index contributed by atoms with van der Waals surface area (Å²) >= 11 is 1.71. The first-order valence-electron chi connectivity index (χ1n) is 5.77. The fourth-order valence-electron chi connectivity index (χ4n) is 1.84. The minimum atomic E-state index is 0.0763. The van der Waals surface area contributed by atoms with Gasteiger partial charge in [0.2, 0.25) is 5.91 Å². The van der Waals surface area contributed by atoms with Crippen LogP contribution in [-0.4, -0.2) is 60.3 Å². The first kappa shape index (κ1) is 13.8. The van der Waals surface area contributed by atoms with E-state index in [0.29, 0.717) is 13.0 Å². The largest absolute Gasteiger partial charge is 0.394 e. The maximum absolute atomic E-state index is 11.7. The van der Waals surface area contributed by atoms with E-state index in [1.807, 2.05) is 11.2 Å². The number of ether oxygens (including phenoxy) is 1. The quantitative estimate of drug-likeness (QED) is 0.752. The van der Waals surface area contributed by atoms with Crippen LogP contribution in [-0.2, 0) is 9.53 Å². The zero-order valence-corrected chi connectivity index (χ0v) is 10.7. The second-order valence-corrected chi connectivity index (χ2v) is 4.90. The monoisotopic (exact) mass is 247 g/mol. The van der Waals surface area contributed by atoms with Gasteiger partial charge in [0.1, 0.15) is 0 Å². The van der Waals surface area contributed by atoms with E-state index in [4.69, 9.17) is 9.84 Å². The van der Waals surface area contributed by atoms with Crippen molar-refractivity contribution in [3.63, 3.8) is 0 Å². The molecule has 0 aromatic rings. The standard InChI is InChI=1S/C11H21NO3S/c1-16-9-4-11(14)12-5-2-10(3-6-12)15-8-7-13/h10,13H,2-9H2,1H3. The van der Waals surface area contributed by atoms with Gasteiger partial charge in [-0.2, -0.15) is 11.8 Å². The number of rotatable bonds is 6. The third kappa shape index (κ3) is 4.72. The van der Waals surface area contributed by atoms with Gasteiger partial charge in [-0.1, -0.05) is 0 Å². The molecule has 1 fully saturated rings. The number of piperidine rings is 1. The lowest BCUT2D eigenvalue weighted by atomic mass is 10.1. The van der Waals surface area contributed by atoms with Gasteiger partial charge in [-0.05, 0) is 19.1 Å². The second kappa shape index (κ2) is 7.92. The zero-order valence-electron chi connectivity index (χ0n) is 9.85. The Bertz CT molecular complexity index is 205. The first-order valence-corrected chi connectivity index (χ1v) is 7.16. The molecule has 0 bridgehead atoms. The van der Waals surface area contributed by atoms with Crippen molar-refractivity contribution >= 4 is 17.7 Å². The molecule has 0 aromatic carbocycles. The molecule has 4 nitrogen and oxygen atoms in total. The van der Waals surface area contributed by atoms with Crippen molar-refractivity contribution in [2.75, 3.05) is 38.3 Å². The Hall–Kier alpha value is -0.260. The number of nitrogens with zero attached hydrogens (tertiary/aromatic N) is 1. The average molecular weight is 247 g/mol. The fraction of sp³-hybridized carbons (Fsp3) is 0.909. The summed E-state index contributed by atoms with van der Waals surface area (Å²) in [7, 11) is 0. The van der Waals surface area contributed by atoms with Gasteiger partial charge in [0.15, 0.2) is 0 Å². The van der Waals surface area contributed by atoms with Crippen molar-refractivity contribution in [2.45, 2.75) is 25.4 Å². The lowest BCUT2D eigenvalue weighted by Crippen LogP contribution is -2.41. The van der Waals surface area contributed by atoms with E-state index in [9.17, 15) is 4.79 Å². The van der Waals surface area contributed by atoms with E-state index < -0.39 is 0 Å². The molecule has 1 amide bonds. The van der Waals surface area contributed by atoms with E-state index in [0.717, 1.165) is 31.7 Å². The number of carbonyl (C=O) groups is 1. The summed E-state index contributed by atoms with van der Waals surface area (Å²) < 4.78 is 5.45. The second-order valence-electron chi connectivity index (χ2n) is 3.92. The van der Waals surface area contributed by atoms with Crippen molar-refractivity contribution in [2.24, 2.45) is 0 Å². The Morgan fingerprint density at radius 1 is 1.50 bits per heavy atom. The summed E-state index contributed by atoms with van der Waals surface area (Å²) in [5, 5.41) is 8.64. The van der Waals surface area contributed by atoms with Crippen molar-refractivity contribution in [1.82, 2.24) is 4.90 Å². The van der Waals surface area contributed by atoms with Crippen LogP contribution in [0.5, 0.6) is 0 Å². The highest BCUT2D eigenvalue weighted by atomic mass is 32.2. The molecule has 0 unspecified atom stereocenters. The minimum Gasteiger partial charge on any atom is -0.394 e. The lowest BCUT2D eigenvalue weighted by Gasteiger charge is -2.31. The van der Waals surface area contributed by atoms with Gasteiger partial charge >= 0.3 is 0 Å². The third-order valence-electron chi connectivity index (χ3n) is 2.76. The highest BCUT2D eigenvalue weighted by molar-refractivity contribution is 7.98.